The van der Waals surface area contributed by atoms with Crippen LogP contribution in [-0.2, 0) is 22.4 Å². The summed E-state index contributed by atoms with van der Waals surface area (Å²) >= 11 is 0. The van der Waals surface area contributed by atoms with Crippen LogP contribution in [0.4, 0.5) is 5.82 Å². The van der Waals surface area contributed by atoms with Gasteiger partial charge in [-0.05, 0) is 67.2 Å². The number of ether oxygens (including phenoxy) is 1. The van der Waals surface area contributed by atoms with Gasteiger partial charge in [0.2, 0.25) is 0 Å². The molecule has 0 saturated carbocycles. The summed E-state index contributed by atoms with van der Waals surface area (Å²) in [6.45, 7) is 7.37. The summed E-state index contributed by atoms with van der Waals surface area (Å²) in [7, 11) is 0. The maximum atomic E-state index is 12.2. The topological polar surface area (TPSA) is 74.7 Å². The molecule has 2 aliphatic rings. The lowest BCUT2D eigenvalue weighted by Crippen LogP contribution is -2.34. The number of nitrogens with zero attached hydrogens (tertiary/aromatic N) is 2. The highest BCUT2D eigenvalue weighted by Crippen LogP contribution is 2.32. The Hall–Kier alpha value is -2.44. The van der Waals surface area contributed by atoms with Crippen molar-refractivity contribution >= 4 is 11.8 Å². The quantitative estimate of drug-likeness (QED) is 0.505. The van der Waals surface area contributed by atoms with Crippen LogP contribution >= 0.6 is 0 Å². The van der Waals surface area contributed by atoms with Crippen molar-refractivity contribution in [2.75, 3.05) is 31.6 Å². The fourth-order valence-corrected chi connectivity index (χ4v) is 5.06. The molecule has 1 saturated heterocycles. The van der Waals surface area contributed by atoms with E-state index in [1.807, 2.05) is 24.3 Å². The molecule has 4 rings (SSSR count). The summed E-state index contributed by atoms with van der Waals surface area (Å²) in [5.41, 5.74) is 4.49. The Labute approximate surface area is 197 Å². The third-order valence-corrected chi connectivity index (χ3v) is 6.82. The average Bonchev–Trinajstić information content (AvgIpc) is 3.27. The molecule has 2 N–H and O–H groups in total. The molecule has 33 heavy (non-hydrogen) atoms. The van der Waals surface area contributed by atoms with E-state index in [0.717, 1.165) is 67.8 Å². The fourth-order valence-electron chi connectivity index (χ4n) is 5.06. The second kappa shape index (κ2) is 11.1. The number of hydrogen-bond donors (Lipinski definition) is 2. The number of fused-ring (bicyclic) bond motifs is 1. The number of anilines is 1. The Bertz CT molecular complexity index is 946. The largest absolute Gasteiger partial charge is 0.480 e. The van der Waals surface area contributed by atoms with E-state index in [9.17, 15) is 9.90 Å². The number of pyridine rings is 1. The highest BCUT2D eigenvalue weighted by molar-refractivity contribution is 5.76. The van der Waals surface area contributed by atoms with Crippen LogP contribution in [0, 0.1) is 0 Å². The maximum absolute atomic E-state index is 12.2. The molecule has 0 spiro atoms. The summed E-state index contributed by atoms with van der Waals surface area (Å²) in [5, 5.41) is 13.4. The number of aryl methyl sites for hydroxylation is 2. The molecular formula is C27H37N3O3. The number of carboxylic acids is 1. The second-order valence-corrected chi connectivity index (χ2v) is 9.60. The summed E-state index contributed by atoms with van der Waals surface area (Å²) in [5.74, 6) is 0.571. The fraction of sp³-hybridized carbons (Fsp3) is 0.556. The lowest BCUT2D eigenvalue weighted by molar-refractivity contribution is -0.143. The van der Waals surface area contributed by atoms with Crippen molar-refractivity contribution in [1.82, 2.24) is 9.88 Å². The van der Waals surface area contributed by atoms with Crippen LogP contribution in [0.3, 0.4) is 0 Å². The first-order valence-electron chi connectivity index (χ1n) is 12.4. The van der Waals surface area contributed by atoms with Gasteiger partial charge < -0.3 is 15.2 Å². The third-order valence-electron chi connectivity index (χ3n) is 6.82. The normalized spacial score (nSPS) is 19.3. The van der Waals surface area contributed by atoms with E-state index in [-0.39, 0.29) is 12.0 Å². The van der Waals surface area contributed by atoms with E-state index in [0.29, 0.717) is 13.2 Å². The molecule has 0 aliphatic carbocycles. The molecular weight excluding hydrogens is 414 g/mol. The number of benzene rings is 1. The van der Waals surface area contributed by atoms with Crippen LogP contribution < -0.4 is 5.32 Å². The molecule has 1 unspecified atom stereocenters. The minimum Gasteiger partial charge on any atom is -0.480 e. The van der Waals surface area contributed by atoms with Gasteiger partial charge in [0, 0.05) is 31.9 Å². The second-order valence-electron chi connectivity index (χ2n) is 9.60. The molecule has 1 aromatic carbocycles. The Morgan fingerprint density at radius 1 is 1.21 bits per heavy atom. The van der Waals surface area contributed by atoms with Crippen molar-refractivity contribution < 1.29 is 14.6 Å². The summed E-state index contributed by atoms with van der Waals surface area (Å²) in [6, 6.07) is 11.7. The molecule has 3 heterocycles. The zero-order valence-corrected chi connectivity index (χ0v) is 19.9. The first-order valence-corrected chi connectivity index (χ1v) is 12.4. The highest BCUT2D eigenvalue weighted by atomic mass is 16.5. The van der Waals surface area contributed by atoms with Gasteiger partial charge in [-0.25, -0.2) is 4.98 Å². The van der Waals surface area contributed by atoms with Gasteiger partial charge in [-0.1, -0.05) is 44.2 Å². The van der Waals surface area contributed by atoms with Crippen LogP contribution in [0.15, 0.2) is 36.4 Å². The minimum absolute atomic E-state index is 0.101. The molecule has 0 bridgehead atoms. The van der Waals surface area contributed by atoms with Crippen molar-refractivity contribution in [3.05, 3.63) is 58.8 Å². The number of nitrogens with one attached hydrogen (secondary N) is 1. The van der Waals surface area contributed by atoms with Gasteiger partial charge in [0.1, 0.15) is 11.9 Å². The Morgan fingerprint density at radius 2 is 2.03 bits per heavy atom. The molecule has 1 fully saturated rings. The molecule has 6 heteroatoms. The monoisotopic (exact) mass is 451 g/mol. The van der Waals surface area contributed by atoms with Gasteiger partial charge in [0.25, 0.3) is 0 Å². The number of aliphatic carboxylic acids is 1. The van der Waals surface area contributed by atoms with Crippen LogP contribution in [0.1, 0.15) is 73.9 Å². The number of aromatic nitrogens is 1. The summed E-state index contributed by atoms with van der Waals surface area (Å²) in [6.07, 6.45) is 6.27. The number of carbonyl (C=O) groups is 1. The van der Waals surface area contributed by atoms with Gasteiger partial charge in [0.15, 0.2) is 0 Å². The van der Waals surface area contributed by atoms with Gasteiger partial charge in [0.05, 0.1) is 6.10 Å². The van der Waals surface area contributed by atoms with E-state index >= 15 is 0 Å². The van der Waals surface area contributed by atoms with Crippen molar-refractivity contribution in [2.24, 2.45) is 0 Å². The lowest BCUT2D eigenvalue weighted by atomic mass is 9.92. The maximum Gasteiger partial charge on any atom is 0.325 e. The zero-order valence-electron chi connectivity index (χ0n) is 19.9. The SMILES string of the molecule is CC(C)c1ccccc1C(C(=O)O)N1CC[C@@H](OCCCCc2ccc3c(n2)NCCC3)C1. The highest BCUT2D eigenvalue weighted by Gasteiger charge is 2.35. The molecule has 178 valence electrons. The molecule has 2 aromatic rings. The van der Waals surface area contributed by atoms with Gasteiger partial charge in [-0.2, -0.15) is 0 Å². The number of rotatable bonds is 10. The van der Waals surface area contributed by atoms with Crippen LogP contribution in [0.2, 0.25) is 0 Å². The van der Waals surface area contributed by atoms with Gasteiger partial charge in [-0.3, -0.25) is 9.69 Å². The number of hydrogen-bond acceptors (Lipinski definition) is 5. The standard InChI is InChI=1S/C27H37N3O3/c1-19(2)23-10-3-4-11-24(23)25(27(31)32)30-16-14-22(18-30)33-17-6-5-9-21-13-12-20-8-7-15-28-26(20)29-21/h3-4,10-13,19,22,25H,5-9,14-18H2,1-2H3,(H,28,29)(H,31,32)/t22-,25?/m1/s1. The number of unbranched alkanes of at least 4 members (excludes halogenated alkanes) is 1. The number of likely N-dealkylation sites (tertiary alicyclic amines) is 1. The third kappa shape index (κ3) is 5.92. The average molecular weight is 452 g/mol. The van der Waals surface area contributed by atoms with Crippen LogP contribution in [0.25, 0.3) is 0 Å². The number of carboxylic acid groups (broad SMARTS) is 1. The minimum atomic E-state index is -0.782. The zero-order chi connectivity index (χ0) is 23.2. The summed E-state index contributed by atoms with van der Waals surface area (Å²) < 4.78 is 6.14. The Balaban J connectivity index is 1.24. The van der Waals surface area contributed by atoms with Crippen LogP contribution in [-0.4, -0.2) is 53.3 Å². The summed E-state index contributed by atoms with van der Waals surface area (Å²) in [4.78, 5) is 19.0. The molecule has 2 aliphatic heterocycles. The van der Waals surface area contributed by atoms with Gasteiger partial charge in [-0.15, -0.1) is 0 Å². The van der Waals surface area contributed by atoms with E-state index in [2.05, 4.69) is 36.2 Å². The Kier molecular flexibility index (Phi) is 7.99. The van der Waals surface area contributed by atoms with Crippen molar-refractivity contribution in [3.63, 3.8) is 0 Å². The van der Waals surface area contributed by atoms with Crippen molar-refractivity contribution in [3.8, 4) is 0 Å². The van der Waals surface area contributed by atoms with Gasteiger partial charge >= 0.3 is 5.97 Å². The van der Waals surface area contributed by atoms with E-state index in [4.69, 9.17) is 9.72 Å². The first-order chi connectivity index (χ1) is 16.0. The molecule has 6 nitrogen and oxygen atoms in total. The predicted molar refractivity (Wildman–Crippen MR) is 131 cm³/mol. The van der Waals surface area contributed by atoms with E-state index in [1.165, 1.54) is 12.0 Å². The van der Waals surface area contributed by atoms with Crippen molar-refractivity contribution in [1.29, 1.82) is 0 Å². The Morgan fingerprint density at radius 3 is 2.82 bits per heavy atom. The lowest BCUT2D eigenvalue weighted by Gasteiger charge is -2.27. The predicted octanol–water partition coefficient (Wildman–Crippen LogP) is 4.80. The molecule has 0 amide bonds. The molecule has 1 aromatic heterocycles. The van der Waals surface area contributed by atoms with Crippen molar-refractivity contribution in [2.45, 2.75) is 70.4 Å². The van der Waals surface area contributed by atoms with E-state index in [1.54, 1.807) is 0 Å². The molecule has 2 atom stereocenters. The smallest absolute Gasteiger partial charge is 0.325 e. The first kappa shape index (κ1) is 23.7. The van der Waals surface area contributed by atoms with Crippen LogP contribution in [0.5, 0.6) is 0 Å². The molecule has 0 radical (unpaired) electrons. The van der Waals surface area contributed by atoms with E-state index < -0.39 is 12.0 Å².